The molecule has 1 N–H and O–H groups in total. The Labute approximate surface area is 147 Å². The van der Waals surface area contributed by atoms with Gasteiger partial charge in [0.15, 0.2) is 5.16 Å². The third-order valence-electron chi connectivity index (χ3n) is 3.92. The van der Waals surface area contributed by atoms with Crippen molar-refractivity contribution < 1.29 is 8.78 Å². The van der Waals surface area contributed by atoms with Gasteiger partial charge >= 0.3 is 12.2 Å². The normalized spacial score (nSPS) is 13.0. The topological polar surface area (TPSA) is 68.5 Å². The van der Waals surface area contributed by atoms with E-state index < -0.39 is 11.8 Å². The lowest BCUT2D eigenvalue weighted by molar-refractivity contribution is 0.0715. The first-order chi connectivity index (χ1) is 12.0. The van der Waals surface area contributed by atoms with E-state index in [1.807, 2.05) is 6.92 Å². The molecule has 25 heavy (non-hydrogen) atoms. The number of halogens is 2. The first-order valence-corrected chi connectivity index (χ1v) is 8.97. The molecule has 1 aromatic carbocycles. The van der Waals surface area contributed by atoms with Gasteiger partial charge in [-0.25, -0.2) is 14.9 Å². The zero-order valence-electron chi connectivity index (χ0n) is 13.9. The van der Waals surface area contributed by atoms with Gasteiger partial charge in [-0.2, -0.15) is 8.78 Å². The number of hydrogen-bond acceptors (Lipinski definition) is 4. The number of thioether (sulfide) groups is 1. The molecule has 0 fully saturated rings. The van der Waals surface area contributed by atoms with E-state index in [9.17, 15) is 13.6 Å². The number of unbranched alkanes of at least 4 members (excludes halogenated alkanes) is 1. The second-order valence-corrected chi connectivity index (χ2v) is 6.99. The molecule has 3 rings (SSSR count). The summed E-state index contributed by atoms with van der Waals surface area (Å²) in [6.07, 6.45) is 1.79. The molecule has 0 aliphatic carbocycles. The summed E-state index contributed by atoms with van der Waals surface area (Å²) in [4.78, 5) is 16.2. The maximum atomic E-state index is 13.6. The second-order valence-electron chi connectivity index (χ2n) is 5.68. The maximum absolute atomic E-state index is 13.6. The molecule has 0 aliphatic heterocycles. The number of aromatic amines is 1. The van der Waals surface area contributed by atoms with Crippen molar-refractivity contribution >= 4 is 22.8 Å². The molecule has 9 heteroatoms. The highest BCUT2D eigenvalue weighted by Gasteiger charge is 2.24. The minimum Gasteiger partial charge on any atom is -0.270 e. The average Bonchev–Trinajstić information content (AvgIpc) is 3.14. The fourth-order valence-corrected chi connectivity index (χ4v) is 3.66. The zero-order chi connectivity index (χ0) is 18.0. The summed E-state index contributed by atoms with van der Waals surface area (Å²) in [5.74, 6) is 0.263. The van der Waals surface area contributed by atoms with Crippen molar-refractivity contribution in [1.29, 1.82) is 0 Å². The van der Waals surface area contributed by atoms with Crippen molar-refractivity contribution in [3.8, 4) is 0 Å². The molecule has 0 amide bonds. The van der Waals surface area contributed by atoms with Crippen LogP contribution in [0.2, 0.25) is 0 Å². The predicted molar refractivity (Wildman–Crippen MR) is 93.0 cm³/mol. The van der Waals surface area contributed by atoms with Crippen molar-refractivity contribution in [1.82, 2.24) is 24.3 Å². The monoisotopic (exact) mass is 367 g/mol. The van der Waals surface area contributed by atoms with Gasteiger partial charge in [-0.05, 0) is 25.5 Å². The lowest BCUT2D eigenvalue weighted by Gasteiger charge is -2.13. The molecule has 0 saturated heterocycles. The number of rotatable bonds is 7. The van der Waals surface area contributed by atoms with Crippen LogP contribution in [0.4, 0.5) is 8.78 Å². The minimum atomic E-state index is -2.69. The molecule has 0 radical (unpaired) electrons. The van der Waals surface area contributed by atoms with Gasteiger partial charge in [0.1, 0.15) is 5.82 Å². The number of nitrogens with zero attached hydrogens (tertiary/aromatic N) is 4. The van der Waals surface area contributed by atoms with Crippen LogP contribution < -0.4 is 5.69 Å². The SMILES string of the molecule is CCCCn1c(SC(C)c2nc3ccccc3n2C(F)F)n[nH]c1=O. The Balaban J connectivity index is 1.94. The van der Waals surface area contributed by atoms with Gasteiger partial charge in [0.2, 0.25) is 0 Å². The van der Waals surface area contributed by atoms with E-state index in [1.54, 1.807) is 35.8 Å². The quantitative estimate of drug-likeness (QED) is 0.642. The zero-order valence-corrected chi connectivity index (χ0v) is 14.8. The van der Waals surface area contributed by atoms with Crippen LogP contribution in [0.3, 0.4) is 0 Å². The second kappa shape index (κ2) is 7.38. The molecule has 0 bridgehead atoms. The van der Waals surface area contributed by atoms with Crippen molar-refractivity contribution in [3.05, 3.63) is 40.6 Å². The van der Waals surface area contributed by atoms with E-state index in [0.29, 0.717) is 22.7 Å². The molecular weight excluding hydrogens is 348 g/mol. The number of para-hydroxylation sites is 2. The van der Waals surface area contributed by atoms with Gasteiger partial charge in [-0.15, -0.1) is 5.10 Å². The van der Waals surface area contributed by atoms with Crippen molar-refractivity contribution in [2.75, 3.05) is 0 Å². The molecule has 1 unspecified atom stereocenters. The molecule has 0 aliphatic rings. The Kier molecular flexibility index (Phi) is 5.22. The third kappa shape index (κ3) is 3.46. The third-order valence-corrected chi connectivity index (χ3v) is 5.01. The number of aromatic nitrogens is 5. The highest BCUT2D eigenvalue weighted by Crippen LogP contribution is 2.36. The number of hydrogen-bond donors (Lipinski definition) is 1. The van der Waals surface area contributed by atoms with Gasteiger partial charge in [0.25, 0.3) is 0 Å². The number of imidazole rings is 1. The molecule has 134 valence electrons. The van der Waals surface area contributed by atoms with E-state index in [4.69, 9.17) is 0 Å². The average molecular weight is 367 g/mol. The van der Waals surface area contributed by atoms with Gasteiger partial charge < -0.3 is 0 Å². The fraction of sp³-hybridized carbons (Fsp3) is 0.438. The fourth-order valence-electron chi connectivity index (χ4n) is 2.67. The molecular formula is C16H19F2N5OS. The highest BCUT2D eigenvalue weighted by atomic mass is 32.2. The summed E-state index contributed by atoms with van der Waals surface area (Å²) in [5.41, 5.74) is 0.631. The predicted octanol–water partition coefficient (Wildman–Crippen LogP) is 3.97. The summed E-state index contributed by atoms with van der Waals surface area (Å²) < 4.78 is 29.6. The molecule has 0 saturated carbocycles. The van der Waals surface area contributed by atoms with Crippen LogP contribution in [0.25, 0.3) is 11.0 Å². The van der Waals surface area contributed by atoms with Crippen LogP contribution in [-0.4, -0.2) is 24.3 Å². The van der Waals surface area contributed by atoms with Crippen LogP contribution in [0.15, 0.2) is 34.2 Å². The minimum absolute atomic E-state index is 0.263. The molecule has 6 nitrogen and oxygen atoms in total. The summed E-state index contributed by atoms with van der Waals surface area (Å²) in [6, 6.07) is 6.81. The summed E-state index contributed by atoms with van der Waals surface area (Å²) in [5, 5.41) is 6.55. The smallest absolute Gasteiger partial charge is 0.270 e. The van der Waals surface area contributed by atoms with E-state index in [0.717, 1.165) is 17.4 Å². The van der Waals surface area contributed by atoms with Crippen molar-refractivity contribution in [2.45, 2.75) is 50.2 Å². The lowest BCUT2D eigenvalue weighted by atomic mass is 10.3. The Morgan fingerprint density at radius 1 is 1.32 bits per heavy atom. The molecule has 2 heterocycles. The van der Waals surface area contributed by atoms with Gasteiger partial charge in [0.05, 0.1) is 16.3 Å². The van der Waals surface area contributed by atoms with E-state index in [2.05, 4.69) is 15.2 Å². The summed E-state index contributed by atoms with van der Waals surface area (Å²) in [6.45, 7) is 1.68. The van der Waals surface area contributed by atoms with Gasteiger partial charge in [-0.3, -0.25) is 9.13 Å². The Morgan fingerprint density at radius 3 is 2.80 bits per heavy atom. The Bertz CT molecular complexity index is 917. The van der Waals surface area contributed by atoms with Crippen LogP contribution in [-0.2, 0) is 6.54 Å². The van der Waals surface area contributed by atoms with Crippen molar-refractivity contribution in [3.63, 3.8) is 0 Å². The van der Waals surface area contributed by atoms with E-state index >= 15 is 0 Å². The van der Waals surface area contributed by atoms with Crippen molar-refractivity contribution in [2.24, 2.45) is 0 Å². The summed E-state index contributed by atoms with van der Waals surface area (Å²) >= 11 is 1.25. The Morgan fingerprint density at radius 2 is 2.08 bits per heavy atom. The number of fused-ring (bicyclic) bond motifs is 1. The lowest BCUT2D eigenvalue weighted by Crippen LogP contribution is -2.18. The van der Waals surface area contributed by atoms with E-state index in [1.165, 1.54) is 11.8 Å². The number of nitrogens with one attached hydrogen (secondary N) is 1. The molecule has 2 aromatic heterocycles. The van der Waals surface area contributed by atoms with Gasteiger partial charge in [0, 0.05) is 6.54 Å². The standard InChI is InChI=1S/C16H19F2N5OS/c1-3-4-9-22-15(24)20-21-16(22)25-10(2)13-19-11-7-5-6-8-12(11)23(13)14(17)18/h5-8,10,14H,3-4,9H2,1-2H3,(H,20,24). The van der Waals surface area contributed by atoms with Crippen LogP contribution >= 0.6 is 11.8 Å². The van der Waals surface area contributed by atoms with E-state index in [-0.39, 0.29) is 11.5 Å². The van der Waals surface area contributed by atoms with Gasteiger partial charge in [-0.1, -0.05) is 37.2 Å². The van der Waals surface area contributed by atoms with Crippen LogP contribution in [0.1, 0.15) is 44.3 Å². The van der Waals surface area contributed by atoms with Crippen LogP contribution in [0.5, 0.6) is 0 Å². The number of H-pyrrole nitrogens is 1. The summed E-state index contributed by atoms with van der Waals surface area (Å²) in [7, 11) is 0. The maximum Gasteiger partial charge on any atom is 0.343 e. The highest BCUT2D eigenvalue weighted by molar-refractivity contribution is 7.99. The first kappa shape index (κ1) is 17.7. The number of benzene rings is 1. The molecule has 3 aromatic rings. The molecule has 0 spiro atoms. The number of alkyl halides is 2. The van der Waals surface area contributed by atoms with Crippen LogP contribution in [0, 0.1) is 0 Å². The largest absolute Gasteiger partial charge is 0.343 e. The molecule has 1 atom stereocenters. The Hall–Kier alpha value is -2.16. The first-order valence-electron chi connectivity index (χ1n) is 8.09.